The van der Waals surface area contributed by atoms with Gasteiger partial charge in [0.25, 0.3) is 0 Å². The molecule has 2 aromatic carbocycles. The molecule has 110 valence electrons. The molecule has 0 bridgehead atoms. The zero-order valence-corrected chi connectivity index (χ0v) is 11.3. The summed E-state index contributed by atoms with van der Waals surface area (Å²) >= 11 is 0. The summed E-state index contributed by atoms with van der Waals surface area (Å²) in [6, 6.07) is 11.7. The largest absolute Gasteiger partial charge is 0.483 e. The van der Waals surface area contributed by atoms with Crippen LogP contribution in [0.25, 0.3) is 0 Å². The highest BCUT2D eigenvalue weighted by atomic mass is 19.1. The normalized spacial score (nSPS) is 13.5. The number of nitro benzene ring substituents is 1. The average Bonchev–Trinajstić information content (AvgIpc) is 2.46. The number of ether oxygens (including phenoxy) is 1. The molecule has 0 amide bonds. The first-order valence-corrected chi connectivity index (χ1v) is 6.25. The lowest BCUT2D eigenvalue weighted by molar-refractivity contribution is -0.386. The number of nitro groups is 1. The summed E-state index contributed by atoms with van der Waals surface area (Å²) in [5, 5.41) is 21.2. The molecular weight excluding hydrogens is 277 g/mol. The first kappa shape index (κ1) is 14.9. The van der Waals surface area contributed by atoms with Crippen molar-refractivity contribution >= 4 is 5.69 Å². The van der Waals surface area contributed by atoms with E-state index in [4.69, 9.17) is 4.74 Å². The van der Waals surface area contributed by atoms with Crippen molar-refractivity contribution in [2.75, 3.05) is 6.61 Å². The summed E-state index contributed by atoms with van der Waals surface area (Å²) in [5.74, 6) is -0.855. The van der Waals surface area contributed by atoms with E-state index < -0.39 is 16.3 Å². The van der Waals surface area contributed by atoms with E-state index in [1.54, 1.807) is 30.3 Å². The minimum Gasteiger partial charge on any atom is -0.483 e. The lowest BCUT2D eigenvalue weighted by atomic mass is 9.97. The molecule has 0 radical (unpaired) electrons. The SMILES string of the molecule is CC(O)(COc1cc(F)ccc1[N+](=O)[O-])c1ccccc1. The highest BCUT2D eigenvalue weighted by molar-refractivity contribution is 5.46. The molecule has 5 nitrogen and oxygen atoms in total. The molecule has 0 fully saturated rings. The third-order valence-electron chi connectivity index (χ3n) is 3.02. The van der Waals surface area contributed by atoms with Gasteiger partial charge >= 0.3 is 5.69 Å². The molecule has 6 heteroatoms. The fraction of sp³-hybridized carbons (Fsp3) is 0.200. The van der Waals surface area contributed by atoms with E-state index >= 15 is 0 Å². The Morgan fingerprint density at radius 2 is 1.95 bits per heavy atom. The lowest BCUT2D eigenvalue weighted by Crippen LogP contribution is -2.29. The van der Waals surface area contributed by atoms with Gasteiger partial charge in [-0.15, -0.1) is 0 Å². The first-order chi connectivity index (χ1) is 9.90. The Morgan fingerprint density at radius 1 is 1.29 bits per heavy atom. The molecule has 0 aliphatic rings. The van der Waals surface area contributed by atoms with Gasteiger partial charge in [0.2, 0.25) is 0 Å². The van der Waals surface area contributed by atoms with Crippen LogP contribution >= 0.6 is 0 Å². The summed E-state index contributed by atoms with van der Waals surface area (Å²) in [6.45, 7) is 1.29. The van der Waals surface area contributed by atoms with Crippen LogP contribution in [0.1, 0.15) is 12.5 Å². The van der Waals surface area contributed by atoms with Gasteiger partial charge in [-0.05, 0) is 18.6 Å². The smallest absolute Gasteiger partial charge is 0.311 e. The molecule has 0 heterocycles. The molecule has 0 aliphatic heterocycles. The third kappa shape index (κ3) is 3.55. The number of nitrogens with zero attached hydrogens (tertiary/aromatic N) is 1. The number of benzene rings is 2. The van der Waals surface area contributed by atoms with Crippen molar-refractivity contribution in [1.82, 2.24) is 0 Å². The Hall–Kier alpha value is -2.47. The topological polar surface area (TPSA) is 72.6 Å². The fourth-order valence-electron chi connectivity index (χ4n) is 1.85. The van der Waals surface area contributed by atoms with Gasteiger partial charge < -0.3 is 9.84 Å². The second kappa shape index (κ2) is 5.88. The first-order valence-electron chi connectivity index (χ1n) is 6.25. The van der Waals surface area contributed by atoms with Gasteiger partial charge in [-0.25, -0.2) is 4.39 Å². The third-order valence-corrected chi connectivity index (χ3v) is 3.02. The molecule has 0 spiro atoms. The van der Waals surface area contributed by atoms with Crippen LogP contribution in [0.2, 0.25) is 0 Å². The summed E-state index contributed by atoms with van der Waals surface area (Å²) in [5.41, 5.74) is -1.09. The number of rotatable bonds is 5. The maximum absolute atomic E-state index is 13.2. The Bertz CT molecular complexity index is 643. The maximum atomic E-state index is 13.2. The van der Waals surface area contributed by atoms with Crippen LogP contribution in [-0.2, 0) is 5.60 Å². The minimum atomic E-state index is -1.35. The highest BCUT2D eigenvalue weighted by Gasteiger charge is 2.26. The lowest BCUT2D eigenvalue weighted by Gasteiger charge is -2.23. The van der Waals surface area contributed by atoms with Gasteiger partial charge in [-0.3, -0.25) is 10.1 Å². The van der Waals surface area contributed by atoms with Gasteiger partial charge in [0.05, 0.1) is 4.92 Å². The van der Waals surface area contributed by atoms with E-state index in [2.05, 4.69) is 0 Å². The molecule has 1 atom stereocenters. The van der Waals surface area contributed by atoms with Crippen molar-refractivity contribution in [1.29, 1.82) is 0 Å². The molecule has 0 saturated heterocycles. The zero-order valence-electron chi connectivity index (χ0n) is 11.3. The molecule has 2 aromatic rings. The highest BCUT2D eigenvalue weighted by Crippen LogP contribution is 2.29. The van der Waals surface area contributed by atoms with Crippen LogP contribution < -0.4 is 4.74 Å². The quantitative estimate of drug-likeness (QED) is 0.679. The molecular formula is C15H14FNO4. The molecule has 2 rings (SSSR count). The van der Waals surface area contributed by atoms with Crippen molar-refractivity contribution in [3.8, 4) is 5.75 Å². The van der Waals surface area contributed by atoms with Gasteiger partial charge in [0, 0.05) is 12.1 Å². The van der Waals surface area contributed by atoms with E-state index in [1.165, 1.54) is 6.92 Å². The van der Waals surface area contributed by atoms with Gasteiger partial charge in [0.15, 0.2) is 5.75 Å². The summed E-state index contributed by atoms with van der Waals surface area (Å²) in [6.07, 6.45) is 0. The van der Waals surface area contributed by atoms with Crippen LogP contribution in [0.3, 0.4) is 0 Å². The Balaban J connectivity index is 2.20. The van der Waals surface area contributed by atoms with E-state index in [1.807, 2.05) is 0 Å². The summed E-state index contributed by atoms with van der Waals surface area (Å²) in [4.78, 5) is 10.2. The van der Waals surface area contributed by atoms with E-state index in [0.717, 1.165) is 18.2 Å². The van der Waals surface area contributed by atoms with Crippen LogP contribution in [0.15, 0.2) is 48.5 Å². The van der Waals surface area contributed by atoms with Crippen LogP contribution in [0, 0.1) is 15.9 Å². The molecule has 21 heavy (non-hydrogen) atoms. The Morgan fingerprint density at radius 3 is 2.57 bits per heavy atom. The summed E-state index contributed by atoms with van der Waals surface area (Å²) < 4.78 is 18.5. The molecule has 0 saturated carbocycles. The zero-order chi connectivity index (χ0) is 15.5. The number of hydrogen-bond acceptors (Lipinski definition) is 4. The Labute approximate surface area is 120 Å². The second-order valence-corrected chi connectivity index (χ2v) is 4.80. The van der Waals surface area contributed by atoms with Gasteiger partial charge in [-0.2, -0.15) is 0 Å². The number of aliphatic hydroxyl groups is 1. The number of hydrogen-bond donors (Lipinski definition) is 1. The minimum absolute atomic E-state index is 0.212. The van der Waals surface area contributed by atoms with Crippen molar-refractivity contribution < 1.29 is 19.2 Å². The molecule has 0 aromatic heterocycles. The second-order valence-electron chi connectivity index (χ2n) is 4.80. The van der Waals surface area contributed by atoms with Crippen LogP contribution in [0.4, 0.5) is 10.1 Å². The van der Waals surface area contributed by atoms with Crippen molar-refractivity contribution in [3.63, 3.8) is 0 Å². The standard InChI is InChI=1S/C15H14FNO4/c1-15(18,11-5-3-2-4-6-11)10-21-14-9-12(16)7-8-13(14)17(19)20/h2-9,18H,10H2,1H3. The maximum Gasteiger partial charge on any atom is 0.311 e. The van der Waals surface area contributed by atoms with Crippen molar-refractivity contribution in [3.05, 3.63) is 70.0 Å². The molecule has 1 N–H and O–H groups in total. The summed E-state index contributed by atoms with van der Waals surface area (Å²) in [7, 11) is 0. The van der Waals surface area contributed by atoms with E-state index in [0.29, 0.717) is 5.56 Å². The Kier molecular flexibility index (Phi) is 4.18. The molecule has 1 unspecified atom stereocenters. The average molecular weight is 291 g/mol. The van der Waals surface area contributed by atoms with Gasteiger partial charge in [0.1, 0.15) is 18.0 Å². The fourth-order valence-corrected chi connectivity index (χ4v) is 1.85. The van der Waals surface area contributed by atoms with Crippen molar-refractivity contribution in [2.45, 2.75) is 12.5 Å². The predicted octanol–water partition coefficient (Wildman–Crippen LogP) is 3.02. The monoisotopic (exact) mass is 291 g/mol. The molecule has 0 aliphatic carbocycles. The van der Waals surface area contributed by atoms with E-state index in [9.17, 15) is 19.6 Å². The number of halogens is 1. The van der Waals surface area contributed by atoms with Gasteiger partial charge in [-0.1, -0.05) is 30.3 Å². The van der Waals surface area contributed by atoms with Crippen molar-refractivity contribution in [2.24, 2.45) is 0 Å². The van der Waals surface area contributed by atoms with Crippen LogP contribution in [-0.4, -0.2) is 16.6 Å². The van der Waals surface area contributed by atoms with E-state index in [-0.39, 0.29) is 18.0 Å². The predicted molar refractivity (Wildman–Crippen MR) is 74.6 cm³/mol. The van der Waals surface area contributed by atoms with Crippen LogP contribution in [0.5, 0.6) is 5.75 Å².